The van der Waals surface area contributed by atoms with Crippen LogP contribution in [0.25, 0.3) is 6.08 Å². The maximum Gasteiger partial charge on any atom is 0.266 e. The first-order valence-electron chi connectivity index (χ1n) is 8.20. The Hall–Kier alpha value is -2.77. The minimum atomic E-state index is -0.473. The van der Waals surface area contributed by atoms with Crippen molar-refractivity contribution in [1.82, 2.24) is 0 Å². The second-order valence-corrected chi connectivity index (χ2v) is 6.30. The van der Waals surface area contributed by atoms with Crippen molar-refractivity contribution in [2.75, 3.05) is 23.3 Å². The molecule has 25 heavy (non-hydrogen) atoms. The summed E-state index contributed by atoms with van der Waals surface area (Å²) in [6.45, 7) is 2.16. The molecule has 1 aliphatic rings. The van der Waals surface area contributed by atoms with Crippen LogP contribution in [0.4, 0.5) is 11.4 Å². The first-order valence-corrected chi connectivity index (χ1v) is 8.58. The van der Waals surface area contributed by atoms with Crippen LogP contribution < -0.4 is 10.2 Å². The van der Waals surface area contributed by atoms with E-state index in [0.717, 1.165) is 18.7 Å². The van der Waals surface area contributed by atoms with Crippen LogP contribution in [-0.2, 0) is 4.79 Å². The summed E-state index contributed by atoms with van der Waals surface area (Å²) >= 11 is 6.03. The third-order valence-corrected chi connectivity index (χ3v) is 4.49. The molecule has 0 unspecified atom stereocenters. The van der Waals surface area contributed by atoms with Gasteiger partial charge in [0, 0.05) is 18.8 Å². The van der Waals surface area contributed by atoms with Crippen LogP contribution in [0.3, 0.4) is 0 Å². The number of rotatable bonds is 4. The molecule has 1 amide bonds. The Labute approximate surface area is 152 Å². The number of carbonyl (C=O) groups is 1. The van der Waals surface area contributed by atoms with Crippen LogP contribution in [0.1, 0.15) is 18.4 Å². The number of hydrogen-bond donors (Lipinski definition) is 1. The van der Waals surface area contributed by atoms with Gasteiger partial charge in [-0.3, -0.25) is 4.79 Å². The third-order valence-electron chi connectivity index (χ3n) is 4.16. The number of anilines is 2. The molecule has 0 atom stereocenters. The summed E-state index contributed by atoms with van der Waals surface area (Å²) < 4.78 is 0. The smallest absolute Gasteiger partial charge is 0.266 e. The fourth-order valence-corrected chi connectivity index (χ4v) is 3.01. The van der Waals surface area contributed by atoms with Crippen molar-refractivity contribution in [2.45, 2.75) is 12.8 Å². The van der Waals surface area contributed by atoms with E-state index in [0.29, 0.717) is 10.7 Å². The molecule has 1 N–H and O–H groups in total. The molecular weight excluding hydrogens is 334 g/mol. The maximum atomic E-state index is 12.3. The highest BCUT2D eigenvalue weighted by Gasteiger charge is 2.13. The average Bonchev–Trinajstić information content (AvgIpc) is 3.16. The fourth-order valence-electron chi connectivity index (χ4n) is 2.82. The topological polar surface area (TPSA) is 56.1 Å². The lowest BCUT2D eigenvalue weighted by atomic mass is 10.1. The average molecular weight is 352 g/mol. The molecule has 4 nitrogen and oxygen atoms in total. The van der Waals surface area contributed by atoms with Gasteiger partial charge in [0.15, 0.2) is 0 Å². The SMILES string of the molecule is N#C/C(=C\c1ccc(N2CCCC2)cc1)C(=O)Nc1ccccc1Cl. The number of carbonyl (C=O) groups excluding carboxylic acids is 1. The van der Waals surface area contributed by atoms with Crippen molar-refractivity contribution in [3.8, 4) is 6.07 Å². The molecule has 0 aromatic heterocycles. The zero-order valence-electron chi connectivity index (χ0n) is 13.7. The van der Waals surface area contributed by atoms with Gasteiger partial charge in [-0.15, -0.1) is 0 Å². The van der Waals surface area contributed by atoms with E-state index in [1.54, 1.807) is 30.3 Å². The Kier molecular flexibility index (Phi) is 5.37. The Morgan fingerprint density at radius 3 is 2.44 bits per heavy atom. The zero-order valence-corrected chi connectivity index (χ0v) is 14.5. The minimum Gasteiger partial charge on any atom is -0.372 e. The third kappa shape index (κ3) is 4.20. The summed E-state index contributed by atoms with van der Waals surface area (Å²) in [6.07, 6.45) is 4.03. The molecule has 0 spiro atoms. The van der Waals surface area contributed by atoms with Gasteiger partial charge in [-0.1, -0.05) is 35.9 Å². The number of halogens is 1. The minimum absolute atomic E-state index is 0.0360. The molecular formula is C20H18ClN3O. The highest BCUT2D eigenvalue weighted by atomic mass is 35.5. The molecule has 0 aliphatic carbocycles. The summed E-state index contributed by atoms with van der Waals surface area (Å²) in [7, 11) is 0. The number of nitriles is 1. The molecule has 1 heterocycles. The molecule has 0 radical (unpaired) electrons. The molecule has 126 valence electrons. The zero-order chi connectivity index (χ0) is 17.6. The molecule has 1 aliphatic heterocycles. The molecule has 0 saturated carbocycles. The van der Waals surface area contributed by atoms with Crippen molar-refractivity contribution < 1.29 is 4.79 Å². The molecule has 2 aromatic rings. The quantitative estimate of drug-likeness (QED) is 0.652. The number of benzene rings is 2. The van der Waals surface area contributed by atoms with Crippen molar-refractivity contribution in [3.05, 3.63) is 64.7 Å². The van der Waals surface area contributed by atoms with Gasteiger partial charge in [0.1, 0.15) is 11.6 Å². The molecule has 1 saturated heterocycles. The number of amides is 1. The van der Waals surface area contributed by atoms with Crippen molar-refractivity contribution in [1.29, 1.82) is 5.26 Å². The Balaban J connectivity index is 1.74. The van der Waals surface area contributed by atoms with E-state index in [-0.39, 0.29) is 5.57 Å². The predicted molar refractivity (Wildman–Crippen MR) is 102 cm³/mol. The van der Waals surface area contributed by atoms with Crippen LogP contribution in [0, 0.1) is 11.3 Å². The molecule has 0 bridgehead atoms. The first kappa shape index (κ1) is 17.1. The summed E-state index contributed by atoms with van der Waals surface area (Å²) in [5.41, 5.74) is 2.51. The lowest BCUT2D eigenvalue weighted by Crippen LogP contribution is -2.17. The predicted octanol–water partition coefficient (Wildman–Crippen LogP) is 4.49. The lowest BCUT2D eigenvalue weighted by molar-refractivity contribution is -0.112. The van der Waals surface area contributed by atoms with E-state index in [1.807, 2.05) is 30.3 Å². The second kappa shape index (κ2) is 7.87. The first-order chi connectivity index (χ1) is 12.2. The van der Waals surface area contributed by atoms with E-state index in [9.17, 15) is 10.1 Å². The highest BCUT2D eigenvalue weighted by Crippen LogP contribution is 2.23. The van der Waals surface area contributed by atoms with Crippen molar-refractivity contribution >= 4 is 35.0 Å². The number of nitrogens with zero attached hydrogens (tertiary/aromatic N) is 2. The Morgan fingerprint density at radius 2 is 1.80 bits per heavy atom. The standard InChI is InChI=1S/C20H18ClN3O/c21-18-5-1-2-6-19(18)23-20(25)16(14-22)13-15-7-9-17(10-8-15)24-11-3-4-12-24/h1-2,5-10,13H,3-4,11-12H2,(H,23,25)/b16-13+. The molecule has 5 heteroatoms. The van der Waals surface area contributed by atoms with Crippen LogP contribution in [0.5, 0.6) is 0 Å². The largest absolute Gasteiger partial charge is 0.372 e. The van der Waals surface area contributed by atoms with Crippen LogP contribution in [0.2, 0.25) is 5.02 Å². The lowest BCUT2D eigenvalue weighted by Gasteiger charge is -2.17. The molecule has 3 rings (SSSR count). The van der Waals surface area contributed by atoms with Gasteiger partial charge in [0.2, 0.25) is 0 Å². The second-order valence-electron chi connectivity index (χ2n) is 5.89. The number of para-hydroxylation sites is 1. The maximum absolute atomic E-state index is 12.3. The summed E-state index contributed by atoms with van der Waals surface area (Å²) in [5.74, 6) is -0.473. The number of hydrogen-bond acceptors (Lipinski definition) is 3. The van der Waals surface area contributed by atoms with Crippen LogP contribution >= 0.6 is 11.6 Å². The van der Waals surface area contributed by atoms with Gasteiger partial charge >= 0.3 is 0 Å². The Morgan fingerprint density at radius 1 is 1.12 bits per heavy atom. The van der Waals surface area contributed by atoms with Crippen molar-refractivity contribution in [3.63, 3.8) is 0 Å². The summed E-state index contributed by atoms with van der Waals surface area (Å²) in [6, 6.07) is 16.8. The van der Waals surface area contributed by atoms with Crippen molar-refractivity contribution in [2.24, 2.45) is 0 Å². The van der Waals surface area contributed by atoms with Crippen LogP contribution in [0.15, 0.2) is 54.1 Å². The van der Waals surface area contributed by atoms with Gasteiger partial charge in [0.25, 0.3) is 5.91 Å². The fraction of sp³-hybridized carbons (Fsp3) is 0.200. The van der Waals surface area contributed by atoms with E-state index < -0.39 is 5.91 Å². The number of nitrogens with one attached hydrogen (secondary N) is 1. The monoisotopic (exact) mass is 351 g/mol. The summed E-state index contributed by atoms with van der Waals surface area (Å²) in [4.78, 5) is 14.6. The normalized spacial score (nSPS) is 14.2. The van der Waals surface area contributed by atoms with E-state index in [1.165, 1.54) is 18.5 Å². The Bertz CT molecular complexity index is 831. The summed E-state index contributed by atoms with van der Waals surface area (Å²) in [5, 5.41) is 12.4. The van der Waals surface area contributed by atoms with E-state index in [2.05, 4.69) is 10.2 Å². The molecule has 1 fully saturated rings. The van der Waals surface area contributed by atoms with Crippen LogP contribution in [-0.4, -0.2) is 19.0 Å². The van der Waals surface area contributed by atoms with Gasteiger partial charge in [0.05, 0.1) is 10.7 Å². The van der Waals surface area contributed by atoms with E-state index in [4.69, 9.17) is 11.6 Å². The highest BCUT2D eigenvalue weighted by molar-refractivity contribution is 6.34. The van der Waals surface area contributed by atoms with Gasteiger partial charge < -0.3 is 10.2 Å². The van der Waals surface area contributed by atoms with Gasteiger partial charge in [-0.2, -0.15) is 5.26 Å². The van der Waals surface area contributed by atoms with Gasteiger partial charge in [-0.25, -0.2) is 0 Å². The van der Waals surface area contributed by atoms with E-state index >= 15 is 0 Å². The van der Waals surface area contributed by atoms with Gasteiger partial charge in [-0.05, 0) is 48.7 Å². The molecule has 2 aromatic carbocycles.